The van der Waals surface area contributed by atoms with Crippen LogP contribution in [0.2, 0.25) is 0 Å². The molecule has 0 aromatic carbocycles. The fourth-order valence-electron chi connectivity index (χ4n) is 0. The Hall–Kier alpha value is 3.86. The summed E-state index contributed by atoms with van der Waals surface area (Å²) in [5.41, 5.74) is 0. The van der Waals surface area contributed by atoms with E-state index in [1.807, 2.05) is 0 Å². The smallest absolute Gasteiger partial charge is 0 e. The van der Waals surface area contributed by atoms with E-state index in [0.29, 0.717) is 0 Å². The summed E-state index contributed by atoms with van der Waals surface area (Å²) >= 11 is 0. The Bertz CT molecular complexity index is 3.25. The zero-order chi connectivity index (χ0) is 0. The second-order valence-corrected chi connectivity index (χ2v) is 0. The first-order valence-corrected chi connectivity index (χ1v) is 0. The predicted molar refractivity (Wildman–Crippen MR) is 17.3 cm³/mol. The SMILES string of the molecule is [Er].[In].[In].[In]. The predicted octanol–water partition coefficient (Wildman–Crippen LogP) is -1.14. The van der Waals surface area contributed by atoms with E-state index in [0.717, 1.165) is 0 Å². The third kappa shape index (κ3) is 9.29. The number of hydrogen-bond acceptors (Lipinski definition) is 0. The molecule has 0 unspecified atom stereocenters. The van der Waals surface area contributed by atoms with Crippen LogP contribution in [0.15, 0.2) is 0 Å². The molecule has 0 aromatic heterocycles. The van der Waals surface area contributed by atoms with Crippen molar-refractivity contribution < 1.29 is 37.3 Å². The van der Waals surface area contributed by atoms with Gasteiger partial charge in [0.25, 0.3) is 0 Å². The average molecular weight is 512 g/mol. The molecular formula is ErIn3. The minimum absolute atomic E-state index is 0. The molecule has 0 aliphatic heterocycles. The zero-order valence-electron chi connectivity index (χ0n) is 2.02. The molecular weight excluding hydrogens is 512 g/mol. The molecule has 0 heterocycles. The van der Waals surface area contributed by atoms with Gasteiger partial charge in [0.2, 0.25) is 0 Å². The van der Waals surface area contributed by atoms with E-state index in [4.69, 9.17) is 0 Å². The van der Waals surface area contributed by atoms with Gasteiger partial charge in [-0.15, -0.1) is 0 Å². The van der Waals surface area contributed by atoms with Gasteiger partial charge in [-0.25, -0.2) is 0 Å². The minimum Gasteiger partial charge on any atom is 0 e. The van der Waals surface area contributed by atoms with Crippen LogP contribution in [0.1, 0.15) is 0 Å². The molecule has 4 heavy (non-hydrogen) atoms. The van der Waals surface area contributed by atoms with Gasteiger partial charge in [-0.1, -0.05) is 0 Å². The summed E-state index contributed by atoms with van der Waals surface area (Å²) in [6, 6.07) is 0. The summed E-state index contributed by atoms with van der Waals surface area (Å²) in [4.78, 5) is 0. The summed E-state index contributed by atoms with van der Waals surface area (Å²) in [7, 11) is 0. The fourth-order valence-corrected chi connectivity index (χ4v) is 0. The van der Waals surface area contributed by atoms with Crippen LogP contribution in [0.25, 0.3) is 0 Å². The molecule has 0 spiro atoms. The maximum atomic E-state index is 0. The Balaban J connectivity index is 0. The van der Waals surface area contributed by atoms with E-state index >= 15 is 0 Å². The van der Waals surface area contributed by atoms with Crippen LogP contribution in [0.5, 0.6) is 0 Å². The molecule has 4 heteroatoms. The molecule has 0 saturated carbocycles. The normalized spacial score (nSPS) is 0. The second kappa shape index (κ2) is 15.8. The molecule has 0 aliphatic rings. The largest absolute Gasteiger partial charge is 0 e. The van der Waals surface area contributed by atoms with Crippen molar-refractivity contribution in [3.05, 3.63) is 0 Å². The van der Waals surface area contributed by atoms with Crippen LogP contribution in [-0.2, 0) is 0 Å². The van der Waals surface area contributed by atoms with E-state index in [1.54, 1.807) is 0 Å². The van der Waals surface area contributed by atoms with Crippen molar-refractivity contribution >= 4 is 77.5 Å². The molecule has 0 rings (SSSR count). The van der Waals surface area contributed by atoms with Crippen molar-refractivity contribution in [3.8, 4) is 0 Å². The minimum atomic E-state index is 0. The summed E-state index contributed by atoms with van der Waals surface area (Å²) in [6.45, 7) is 0. The Labute approximate surface area is 112 Å². The quantitative estimate of drug-likeness (QED) is 0.386. The van der Waals surface area contributed by atoms with Gasteiger partial charge >= 0.3 is 0 Å². The Morgan fingerprint density at radius 2 is 0.500 bits per heavy atom. The van der Waals surface area contributed by atoms with Gasteiger partial charge in [-0.3, -0.25) is 0 Å². The topological polar surface area (TPSA) is 0 Å². The van der Waals surface area contributed by atoms with E-state index in [2.05, 4.69) is 0 Å². The van der Waals surface area contributed by atoms with Crippen molar-refractivity contribution in [1.29, 1.82) is 0 Å². The van der Waals surface area contributed by atoms with Gasteiger partial charge in [0.15, 0.2) is 0 Å². The van der Waals surface area contributed by atoms with Gasteiger partial charge in [-0.05, 0) is 0 Å². The molecule has 0 nitrogen and oxygen atoms in total. The molecule has 0 atom stereocenters. The Morgan fingerprint density at radius 1 is 0.500 bits per heavy atom. The maximum absolute atomic E-state index is 0. The van der Waals surface area contributed by atoms with E-state index in [1.165, 1.54) is 0 Å². The van der Waals surface area contributed by atoms with E-state index in [9.17, 15) is 0 Å². The van der Waals surface area contributed by atoms with Gasteiger partial charge in [0.1, 0.15) is 0 Å². The van der Waals surface area contributed by atoms with Crippen LogP contribution in [0.4, 0.5) is 0 Å². The second-order valence-electron chi connectivity index (χ2n) is 0. The van der Waals surface area contributed by atoms with Crippen molar-refractivity contribution in [2.24, 2.45) is 0 Å². The molecule has 0 fully saturated rings. The third-order valence-electron chi connectivity index (χ3n) is 0. The Morgan fingerprint density at radius 3 is 0.500 bits per heavy atom. The first kappa shape index (κ1) is 24.8. The molecule has 9 radical (unpaired) electrons. The summed E-state index contributed by atoms with van der Waals surface area (Å²) in [5, 5.41) is 0. The molecule has 0 N–H and O–H groups in total. The van der Waals surface area contributed by atoms with Crippen LogP contribution in [-0.4, -0.2) is 77.5 Å². The van der Waals surface area contributed by atoms with Gasteiger partial charge < -0.3 is 0 Å². The van der Waals surface area contributed by atoms with Crippen LogP contribution in [0.3, 0.4) is 0 Å². The van der Waals surface area contributed by atoms with Gasteiger partial charge in [-0.2, -0.15) is 0 Å². The van der Waals surface area contributed by atoms with Crippen LogP contribution >= 0.6 is 0 Å². The molecule has 0 aliphatic carbocycles. The van der Waals surface area contributed by atoms with Gasteiger partial charge in [0, 0.05) is 115 Å². The van der Waals surface area contributed by atoms with E-state index in [-0.39, 0.29) is 115 Å². The molecule has 0 aromatic rings. The summed E-state index contributed by atoms with van der Waals surface area (Å²) < 4.78 is 0. The van der Waals surface area contributed by atoms with Crippen molar-refractivity contribution in [3.63, 3.8) is 0 Å². The van der Waals surface area contributed by atoms with Gasteiger partial charge in [0.05, 0.1) is 0 Å². The molecule has 21 valence electrons. The van der Waals surface area contributed by atoms with Crippen LogP contribution in [0, 0.1) is 37.3 Å². The van der Waals surface area contributed by atoms with Crippen LogP contribution < -0.4 is 0 Å². The van der Waals surface area contributed by atoms with Crippen molar-refractivity contribution in [1.82, 2.24) is 0 Å². The Kier molecular flexibility index (Phi) is 98.2. The standard InChI is InChI=1S/Er.3In. The maximum Gasteiger partial charge on any atom is 0 e. The van der Waals surface area contributed by atoms with Crippen molar-refractivity contribution in [2.75, 3.05) is 0 Å². The fraction of sp³-hybridized carbons (Fsp3) is 0. The number of hydrogen-bond donors (Lipinski definition) is 0. The summed E-state index contributed by atoms with van der Waals surface area (Å²) in [5.74, 6) is 0. The van der Waals surface area contributed by atoms with E-state index < -0.39 is 0 Å². The third-order valence-corrected chi connectivity index (χ3v) is 0. The number of rotatable bonds is 0. The molecule has 0 saturated heterocycles. The summed E-state index contributed by atoms with van der Waals surface area (Å²) in [6.07, 6.45) is 0. The monoisotopic (exact) mass is 511 g/mol. The molecule has 0 amide bonds. The first-order valence-electron chi connectivity index (χ1n) is 0. The molecule has 0 bridgehead atoms. The van der Waals surface area contributed by atoms with Crippen molar-refractivity contribution in [2.45, 2.75) is 0 Å². The zero-order valence-corrected chi connectivity index (χ0v) is 13.8. The first-order chi connectivity index (χ1) is 0. The average Bonchev–Trinajstić information content (AvgIpc) is 0.